The van der Waals surface area contributed by atoms with E-state index in [1.807, 2.05) is 49.4 Å². The molecule has 1 heterocycles. The Kier molecular flexibility index (Phi) is 4.03. The second-order valence-corrected chi connectivity index (χ2v) is 6.36. The first-order valence-corrected chi connectivity index (χ1v) is 8.47. The summed E-state index contributed by atoms with van der Waals surface area (Å²) >= 11 is 0. The third-order valence-electron chi connectivity index (χ3n) is 4.34. The fourth-order valence-electron chi connectivity index (χ4n) is 2.72. The average Bonchev–Trinajstić information content (AvgIpc) is 3.43. The molecule has 1 aliphatic carbocycles. The summed E-state index contributed by atoms with van der Waals surface area (Å²) in [6.45, 7) is 3.48. The van der Waals surface area contributed by atoms with E-state index in [-0.39, 0.29) is 0 Å². The third-order valence-corrected chi connectivity index (χ3v) is 4.34. The van der Waals surface area contributed by atoms with Gasteiger partial charge in [-0.1, -0.05) is 30.3 Å². The summed E-state index contributed by atoms with van der Waals surface area (Å²) < 4.78 is 5.97. The van der Waals surface area contributed by atoms with E-state index in [1.54, 1.807) is 0 Å². The van der Waals surface area contributed by atoms with Gasteiger partial charge in [0.15, 0.2) is 0 Å². The molecule has 0 spiro atoms. The van der Waals surface area contributed by atoms with Gasteiger partial charge in [0.25, 0.3) is 0 Å². The van der Waals surface area contributed by atoms with Crippen molar-refractivity contribution in [3.05, 3.63) is 59.8 Å². The number of hydrogen-bond donors (Lipinski definition) is 1. The van der Waals surface area contributed by atoms with Crippen LogP contribution >= 0.6 is 0 Å². The van der Waals surface area contributed by atoms with E-state index in [1.165, 1.54) is 12.8 Å². The summed E-state index contributed by atoms with van der Waals surface area (Å²) in [5.74, 6) is 2.54. The van der Waals surface area contributed by atoms with Crippen LogP contribution in [0.2, 0.25) is 0 Å². The molecule has 4 rings (SSSR count). The Labute approximate surface area is 141 Å². The van der Waals surface area contributed by atoms with Crippen LogP contribution in [-0.2, 0) is 6.54 Å². The molecule has 24 heavy (non-hydrogen) atoms. The van der Waals surface area contributed by atoms with Crippen molar-refractivity contribution >= 4 is 16.9 Å². The van der Waals surface area contributed by atoms with Crippen LogP contribution in [0.25, 0.3) is 11.0 Å². The van der Waals surface area contributed by atoms with Gasteiger partial charge in [0.2, 0.25) is 0 Å². The second-order valence-electron chi connectivity index (χ2n) is 6.36. The van der Waals surface area contributed by atoms with Crippen LogP contribution in [0.3, 0.4) is 0 Å². The van der Waals surface area contributed by atoms with Crippen LogP contribution in [0.15, 0.2) is 48.5 Å². The van der Waals surface area contributed by atoms with Gasteiger partial charge in [-0.2, -0.15) is 0 Å². The fraction of sp³-hybridized carbons (Fsp3) is 0.300. The molecule has 2 aromatic carbocycles. The smallest absolute Gasteiger partial charge is 0.148 e. The number of aryl methyl sites for hydroxylation is 1. The topological polar surface area (TPSA) is 47.0 Å². The third kappa shape index (κ3) is 3.32. The van der Waals surface area contributed by atoms with E-state index in [0.717, 1.165) is 46.4 Å². The molecule has 0 amide bonds. The van der Waals surface area contributed by atoms with Gasteiger partial charge in [-0.15, -0.1) is 0 Å². The SMILES string of the molecule is Cc1nc2ccccc2nc1NCc1ccccc1OCC1CC1. The lowest BCUT2D eigenvalue weighted by molar-refractivity contribution is 0.297. The number of rotatable bonds is 6. The number of nitrogens with one attached hydrogen (secondary N) is 1. The van der Waals surface area contributed by atoms with Crippen molar-refractivity contribution in [2.45, 2.75) is 26.3 Å². The highest BCUT2D eigenvalue weighted by atomic mass is 16.5. The van der Waals surface area contributed by atoms with E-state index in [4.69, 9.17) is 4.74 Å². The molecule has 1 aliphatic rings. The van der Waals surface area contributed by atoms with Crippen molar-refractivity contribution in [1.82, 2.24) is 9.97 Å². The van der Waals surface area contributed by atoms with E-state index < -0.39 is 0 Å². The Hall–Kier alpha value is -2.62. The molecule has 0 saturated heterocycles. The van der Waals surface area contributed by atoms with Crippen molar-refractivity contribution < 1.29 is 4.74 Å². The number of nitrogens with zero attached hydrogens (tertiary/aromatic N) is 2. The van der Waals surface area contributed by atoms with Crippen LogP contribution in [0.1, 0.15) is 24.1 Å². The minimum Gasteiger partial charge on any atom is -0.493 e. The molecule has 0 unspecified atom stereocenters. The maximum absolute atomic E-state index is 5.97. The molecule has 4 heteroatoms. The van der Waals surface area contributed by atoms with E-state index >= 15 is 0 Å². The summed E-state index contributed by atoms with van der Waals surface area (Å²) in [5, 5.41) is 3.41. The minimum absolute atomic E-state index is 0.675. The van der Waals surface area contributed by atoms with Crippen molar-refractivity contribution in [3.63, 3.8) is 0 Å². The number of anilines is 1. The fourth-order valence-corrected chi connectivity index (χ4v) is 2.72. The first kappa shape index (κ1) is 14.9. The molecular weight excluding hydrogens is 298 g/mol. The highest BCUT2D eigenvalue weighted by molar-refractivity contribution is 5.76. The molecule has 1 aromatic heterocycles. The summed E-state index contributed by atoms with van der Waals surface area (Å²) in [5.41, 5.74) is 3.88. The standard InChI is InChI=1S/C20H21N3O/c1-14-20(23-18-8-4-3-7-17(18)22-14)21-12-16-6-2-5-9-19(16)24-13-15-10-11-15/h2-9,15H,10-13H2,1H3,(H,21,23). The Morgan fingerprint density at radius 1 is 1.00 bits per heavy atom. The first-order valence-electron chi connectivity index (χ1n) is 8.47. The lowest BCUT2D eigenvalue weighted by Crippen LogP contribution is -2.07. The van der Waals surface area contributed by atoms with Crippen LogP contribution in [0.4, 0.5) is 5.82 Å². The molecule has 1 N–H and O–H groups in total. The Balaban J connectivity index is 1.51. The lowest BCUT2D eigenvalue weighted by Gasteiger charge is -2.13. The van der Waals surface area contributed by atoms with Crippen molar-refractivity contribution in [3.8, 4) is 5.75 Å². The van der Waals surface area contributed by atoms with Crippen LogP contribution in [0.5, 0.6) is 5.75 Å². The molecule has 3 aromatic rings. The number of benzene rings is 2. The van der Waals surface area contributed by atoms with Gasteiger partial charge in [-0.25, -0.2) is 9.97 Å². The second kappa shape index (κ2) is 6.48. The van der Waals surface area contributed by atoms with Crippen LogP contribution in [0, 0.1) is 12.8 Å². The number of ether oxygens (including phenoxy) is 1. The Morgan fingerprint density at radius 2 is 1.71 bits per heavy atom. The van der Waals surface area contributed by atoms with Gasteiger partial charge in [-0.3, -0.25) is 0 Å². The molecule has 122 valence electrons. The van der Waals surface area contributed by atoms with Crippen LogP contribution < -0.4 is 10.1 Å². The predicted molar refractivity (Wildman–Crippen MR) is 96.3 cm³/mol. The monoisotopic (exact) mass is 319 g/mol. The Morgan fingerprint density at radius 3 is 2.50 bits per heavy atom. The number of hydrogen-bond acceptors (Lipinski definition) is 4. The number of fused-ring (bicyclic) bond motifs is 1. The van der Waals surface area contributed by atoms with E-state index in [9.17, 15) is 0 Å². The summed E-state index contributed by atoms with van der Waals surface area (Å²) in [7, 11) is 0. The molecular formula is C20H21N3O. The largest absolute Gasteiger partial charge is 0.493 e. The quantitative estimate of drug-likeness (QED) is 0.734. The predicted octanol–water partition coefficient (Wildman–Crippen LogP) is 4.34. The molecule has 0 radical (unpaired) electrons. The van der Waals surface area contributed by atoms with Crippen molar-refractivity contribution in [2.24, 2.45) is 5.92 Å². The maximum Gasteiger partial charge on any atom is 0.148 e. The summed E-state index contributed by atoms with van der Waals surface area (Å²) in [6, 6.07) is 16.1. The Bertz CT molecular complexity index is 858. The van der Waals surface area contributed by atoms with Gasteiger partial charge in [0.1, 0.15) is 11.6 Å². The molecule has 1 fully saturated rings. The van der Waals surface area contributed by atoms with Crippen molar-refractivity contribution in [2.75, 3.05) is 11.9 Å². The average molecular weight is 319 g/mol. The molecule has 1 saturated carbocycles. The molecule has 0 atom stereocenters. The van der Waals surface area contributed by atoms with E-state index in [0.29, 0.717) is 6.54 Å². The molecule has 4 nitrogen and oxygen atoms in total. The summed E-state index contributed by atoms with van der Waals surface area (Å²) in [6.07, 6.45) is 2.60. The molecule has 0 aliphatic heterocycles. The minimum atomic E-state index is 0.675. The molecule has 0 bridgehead atoms. The van der Waals surface area contributed by atoms with Crippen LogP contribution in [-0.4, -0.2) is 16.6 Å². The van der Waals surface area contributed by atoms with E-state index in [2.05, 4.69) is 21.4 Å². The van der Waals surface area contributed by atoms with Gasteiger partial charge < -0.3 is 10.1 Å². The lowest BCUT2D eigenvalue weighted by atomic mass is 10.2. The van der Waals surface area contributed by atoms with Crippen molar-refractivity contribution in [1.29, 1.82) is 0 Å². The summed E-state index contributed by atoms with van der Waals surface area (Å²) in [4.78, 5) is 9.31. The van der Waals surface area contributed by atoms with Gasteiger partial charge in [-0.05, 0) is 43.9 Å². The number of para-hydroxylation sites is 3. The van der Waals surface area contributed by atoms with Gasteiger partial charge in [0.05, 0.1) is 23.3 Å². The first-order chi connectivity index (χ1) is 11.8. The highest BCUT2D eigenvalue weighted by Gasteiger charge is 2.22. The highest BCUT2D eigenvalue weighted by Crippen LogP contribution is 2.30. The zero-order valence-electron chi connectivity index (χ0n) is 13.8. The normalized spacial score (nSPS) is 13.9. The number of aromatic nitrogens is 2. The maximum atomic E-state index is 5.97. The van der Waals surface area contributed by atoms with Gasteiger partial charge in [0, 0.05) is 12.1 Å². The zero-order valence-corrected chi connectivity index (χ0v) is 13.8. The van der Waals surface area contributed by atoms with Gasteiger partial charge >= 0.3 is 0 Å². The zero-order chi connectivity index (χ0) is 16.4.